The molecule has 0 aromatic heterocycles. The monoisotopic (exact) mass is 454 g/mol. The lowest BCUT2D eigenvalue weighted by Gasteiger charge is -2.11. The molecule has 29 heavy (non-hydrogen) atoms. The van der Waals surface area contributed by atoms with E-state index in [1.165, 1.54) is 31.4 Å². The summed E-state index contributed by atoms with van der Waals surface area (Å²) in [4.78, 5) is 37.1. The van der Waals surface area contributed by atoms with Gasteiger partial charge < -0.3 is 14.8 Å². The van der Waals surface area contributed by atoms with Gasteiger partial charge in [0.05, 0.1) is 22.8 Å². The predicted molar refractivity (Wildman–Crippen MR) is 109 cm³/mol. The van der Waals surface area contributed by atoms with E-state index >= 15 is 0 Å². The molecular weight excluding hydrogens is 443 g/mol. The number of hydrogen-bond donors (Lipinski definition) is 1. The van der Waals surface area contributed by atoms with Crippen molar-refractivity contribution in [3.05, 3.63) is 62.7 Å². The van der Waals surface area contributed by atoms with Gasteiger partial charge in [0.25, 0.3) is 5.91 Å². The second-order valence-corrected chi connectivity index (χ2v) is 7.04. The van der Waals surface area contributed by atoms with Gasteiger partial charge in [0.2, 0.25) is 0 Å². The van der Waals surface area contributed by atoms with Crippen LogP contribution in [0.25, 0.3) is 6.08 Å². The number of benzene rings is 2. The predicted octanol–water partition coefficient (Wildman–Crippen LogP) is 4.30. The normalized spacial score (nSPS) is 14.9. The minimum absolute atomic E-state index is 0.0327. The van der Waals surface area contributed by atoms with Crippen LogP contribution in [0.15, 0.2) is 42.1 Å². The number of carbonyl (C=O) groups is 3. The van der Waals surface area contributed by atoms with E-state index in [0.717, 1.165) is 4.90 Å². The molecule has 150 valence electrons. The standard InChI is InChI=1S/C19H13Cl3N2O5/c1-28-16(25)9-29-17-13(21)5-10(6-14(17)22)7-15-18(26)24(19(27)23-15)12-4-2-3-11(20)8-12/h2-8H,9H2,1H3,(H,23,27)/b15-7+. The zero-order valence-electron chi connectivity index (χ0n) is 14.9. The van der Waals surface area contributed by atoms with Gasteiger partial charge in [-0.15, -0.1) is 0 Å². The van der Waals surface area contributed by atoms with E-state index < -0.39 is 17.9 Å². The number of esters is 1. The van der Waals surface area contributed by atoms with Gasteiger partial charge in [-0.25, -0.2) is 14.5 Å². The van der Waals surface area contributed by atoms with Crippen LogP contribution in [0.2, 0.25) is 15.1 Å². The van der Waals surface area contributed by atoms with Gasteiger partial charge in [0, 0.05) is 5.02 Å². The van der Waals surface area contributed by atoms with Gasteiger partial charge in [0.15, 0.2) is 12.4 Å². The number of hydrogen-bond acceptors (Lipinski definition) is 5. The first kappa shape index (κ1) is 21.0. The van der Waals surface area contributed by atoms with Crippen molar-refractivity contribution < 1.29 is 23.9 Å². The Kier molecular flexibility index (Phi) is 6.32. The Morgan fingerprint density at radius 1 is 1.14 bits per heavy atom. The van der Waals surface area contributed by atoms with E-state index in [0.29, 0.717) is 16.3 Å². The van der Waals surface area contributed by atoms with E-state index in [1.807, 2.05) is 0 Å². The zero-order chi connectivity index (χ0) is 21.1. The number of anilines is 1. The lowest BCUT2D eigenvalue weighted by Crippen LogP contribution is -2.30. The number of methoxy groups -OCH3 is 1. The highest BCUT2D eigenvalue weighted by Crippen LogP contribution is 2.35. The van der Waals surface area contributed by atoms with Gasteiger partial charge >= 0.3 is 12.0 Å². The summed E-state index contributed by atoms with van der Waals surface area (Å²) in [7, 11) is 1.23. The number of amides is 3. The van der Waals surface area contributed by atoms with Crippen molar-refractivity contribution in [1.82, 2.24) is 5.32 Å². The Morgan fingerprint density at radius 3 is 2.45 bits per heavy atom. The van der Waals surface area contributed by atoms with Crippen LogP contribution in [0, 0.1) is 0 Å². The van der Waals surface area contributed by atoms with E-state index in [2.05, 4.69) is 10.1 Å². The molecule has 0 saturated carbocycles. The third-order valence-electron chi connectivity index (χ3n) is 3.84. The first-order valence-corrected chi connectivity index (χ1v) is 9.25. The molecule has 0 radical (unpaired) electrons. The maximum atomic E-state index is 12.7. The van der Waals surface area contributed by atoms with Crippen LogP contribution in [0.5, 0.6) is 5.75 Å². The van der Waals surface area contributed by atoms with Crippen LogP contribution in [0.3, 0.4) is 0 Å². The van der Waals surface area contributed by atoms with Crippen molar-refractivity contribution in [2.24, 2.45) is 0 Å². The highest BCUT2D eigenvalue weighted by molar-refractivity contribution is 6.37. The molecule has 1 heterocycles. The molecular formula is C19H13Cl3N2O5. The maximum Gasteiger partial charge on any atom is 0.343 e. The number of nitrogens with zero attached hydrogens (tertiary/aromatic N) is 1. The van der Waals surface area contributed by atoms with Crippen LogP contribution in [0.4, 0.5) is 10.5 Å². The van der Waals surface area contributed by atoms with Crippen molar-refractivity contribution in [2.45, 2.75) is 0 Å². The number of urea groups is 1. The van der Waals surface area contributed by atoms with Crippen LogP contribution >= 0.6 is 34.8 Å². The summed E-state index contributed by atoms with van der Waals surface area (Å²) >= 11 is 18.3. The molecule has 1 N–H and O–H groups in total. The topological polar surface area (TPSA) is 84.9 Å². The second kappa shape index (κ2) is 8.73. The molecule has 10 heteroatoms. The number of halogens is 3. The second-order valence-electron chi connectivity index (χ2n) is 5.79. The van der Waals surface area contributed by atoms with Crippen LogP contribution < -0.4 is 15.0 Å². The van der Waals surface area contributed by atoms with Crippen molar-refractivity contribution in [2.75, 3.05) is 18.6 Å². The average molecular weight is 456 g/mol. The molecule has 2 aromatic carbocycles. The minimum Gasteiger partial charge on any atom is -0.479 e. The fourth-order valence-corrected chi connectivity index (χ4v) is 3.34. The molecule has 3 amide bonds. The Labute approximate surface area is 180 Å². The molecule has 1 aliphatic heterocycles. The number of carbonyl (C=O) groups excluding carboxylic acids is 3. The molecule has 0 unspecified atom stereocenters. The molecule has 1 saturated heterocycles. The number of rotatable bonds is 5. The van der Waals surface area contributed by atoms with E-state index in [1.54, 1.807) is 18.2 Å². The van der Waals surface area contributed by atoms with E-state index in [4.69, 9.17) is 39.5 Å². The smallest absolute Gasteiger partial charge is 0.343 e. The van der Waals surface area contributed by atoms with Crippen molar-refractivity contribution >= 4 is 64.5 Å². The van der Waals surface area contributed by atoms with Crippen LogP contribution in [0.1, 0.15) is 5.56 Å². The summed E-state index contributed by atoms with van der Waals surface area (Å²) in [5.41, 5.74) is 0.818. The summed E-state index contributed by atoms with van der Waals surface area (Å²) in [6, 6.07) is 8.71. The summed E-state index contributed by atoms with van der Waals surface area (Å²) in [6.07, 6.45) is 1.42. The average Bonchev–Trinajstić information content (AvgIpc) is 2.94. The van der Waals surface area contributed by atoms with Gasteiger partial charge in [-0.2, -0.15) is 0 Å². The molecule has 1 fully saturated rings. The number of ether oxygens (including phenoxy) is 2. The molecule has 2 aromatic rings. The number of imide groups is 1. The first-order chi connectivity index (χ1) is 13.8. The first-order valence-electron chi connectivity index (χ1n) is 8.11. The Bertz CT molecular complexity index is 1020. The molecule has 1 aliphatic rings. The molecule has 0 aliphatic carbocycles. The van der Waals surface area contributed by atoms with Gasteiger partial charge in [0.1, 0.15) is 5.70 Å². The van der Waals surface area contributed by atoms with Crippen molar-refractivity contribution in [1.29, 1.82) is 0 Å². The van der Waals surface area contributed by atoms with Gasteiger partial charge in [-0.05, 0) is 42.0 Å². The molecule has 3 rings (SSSR count). The molecule has 0 spiro atoms. The maximum absolute atomic E-state index is 12.7. The van der Waals surface area contributed by atoms with Gasteiger partial charge in [-0.1, -0.05) is 40.9 Å². The van der Waals surface area contributed by atoms with Crippen LogP contribution in [-0.4, -0.2) is 31.6 Å². The Balaban J connectivity index is 1.86. The Morgan fingerprint density at radius 2 is 1.83 bits per heavy atom. The lowest BCUT2D eigenvalue weighted by molar-refractivity contribution is -0.142. The summed E-state index contributed by atoms with van der Waals surface area (Å²) in [5.74, 6) is -1.05. The zero-order valence-corrected chi connectivity index (χ0v) is 17.1. The minimum atomic E-state index is -0.612. The highest BCUT2D eigenvalue weighted by Gasteiger charge is 2.35. The lowest BCUT2D eigenvalue weighted by atomic mass is 10.1. The molecule has 0 atom stereocenters. The number of nitrogens with one attached hydrogen (secondary N) is 1. The third-order valence-corrected chi connectivity index (χ3v) is 4.63. The van der Waals surface area contributed by atoms with Crippen LogP contribution in [-0.2, 0) is 14.3 Å². The molecule has 7 nitrogen and oxygen atoms in total. The van der Waals surface area contributed by atoms with E-state index in [-0.39, 0.29) is 28.1 Å². The SMILES string of the molecule is COC(=O)COc1c(Cl)cc(/C=C2/NC(=O)N(c3cccc(Cl)c3)C2=O)cc1Cl. The summed E-state index contributed by atoms with van der Waals surface area (Å²) < 4.78 is 9.74. The van der Waals surface area contributed by atoms with Crippen molar-refractivity contribution in [3.8, 4) is 5.75 Å². The largest absolute Gasteiger partial charge is 0.479 e. The molecule has 0 bridgehead atoms. The van der Waals surface area contributed by atoms with Crippen molar-refractivity contribution in [3.63, 3.8) is 0 Å². The summed E-state index contributed by atoms with van der Waals surface area (Å²) in [5, 5.41) is 3.13. The Hall–Kier alpha value is -2.74. The fourth-order valence-electron chi connectivity index (χ4n) is 2.54. The highest BCUT2D eigenvalue weighted by atomic mass is 35.5. The quantitative estimate of drug-likeness (QED) is 0.413. The van der Waals surface area contributed by atoms with E-state index in [9.17, 15) is 14.4 Å². The third kappa shape index (κ3) is 4.64. The van der Waals surface area contributed by atoms with Gasteiger partial charge in [-0.3, -0.25) is 4.79 Å². The summed E-state index contributed by atoms with van der Waals surface area (Å²) in [6.45, 7) is -0.362. The fraction of sp³-hybridized carbons (Fsp3) is 0.105.